The minimum atomic E-state index is -0.236. The Bertz CT molecular complexity index is 908. The maximum atomic E-state index is 13.0. The van der Waals surface area contributed by atoms with Crippen molar-refractivity contribution in [3.05, 3.63) is 65.5 Å². The Morgan fingerprint density at radius 3 is 2.17 bits per heavy atom. The number of carbonyl (C=O) groups excluding carboxylic acids is 3. The standard InChI is InChI=1S/C23H25N3O4/c27-21(20-5-1-2-10-24-20)19-4-3-11-26(16-19)23(29)18-8-6-17(7-9-18)22(28)25-12-14-30-15-13-25/h1-2,5-10,19H,3-4,11-16H2. The molecule has 156 valence electrons. The molecule has 2 aliphatic heterocycles. The molecule has 2 saturated heterocycles. The number of amides is 2. The Balaban J connectivity index is 1.41. The summed E-state index contributed by atoms with van der Waals surface area (Å²) in [4.78, 5) is 45.9. The SMILES string of the molecule is O=C(c1ccccn1)C1CCCN(C(=O)c2ccc(C(=O)N3CCOCC3)cc2)C1. The molecule has 0 bridgehead atoms. The molecule has 1 unspecified atom stereocenters. The number of Topliss-reactive ketones (excluding diaryl/α,β-unsaturated/α-hetero) is 1. The van der Waals surface area contributed by atoms with Crippen molar-refractivity contribution < 1.29 is 19.1 Å². The first-order valence-corrected chi connectivity index (χ1v) is 10.3. The van der Waals surface area contributed by atoms with Crippen molar-refractivity contribution in [1.29, 1.82) is 0 Å². The van der Waals surface area contributed by atoms with Gasteiger partial charge in [0.15, 0.2) is 5.78 Å². The van der Waals surface area contributed by atoms with Crippen LogP contribution in [-0.2, 0) is 4.74 Å². The number of aromatic nitrogens is 1. The summed E-state index contributed by atoms with van der Waals surface area (Å²) in [6.45, 7) is 3.28. The van der Waals surface area contributed by atoms with Crippen LogP contribution >= 0.6 is 0 Å². The Morgan fingerprint density at radius 1 is 0.867 bits per heavy atom. The third-order valence-corrected chi connectivity index (χ3v) is 5.67. The molecule has 2 amide bonds. The molecule has 1 aromatic carbocycles. The van der Waals surface area contributed by atoms with Crippen LogP contribution in [0.15, 0.2) is 48.7 Å². The van der Waals surface area contributed by atoms with Crippen molar-refractivity contribution in [1.82, 2.24) is 14.8 Å². The highest BCUT2D eigenvalue weighted by Crippen LogP contribution is 2.22. The fourth-order valence-corrected chi connectivity index (χ4v) is 3.98. The summed E-state index contributed by atoms with van der Waals surface area (Å²) >= 11 is 0. The van der Waals surface area contributed by atoms with Gasteiger partial charge in [0.2, 0.25) is 0 Å². The van der Waals surface area contributed by atoms with Crippen LogP contribution in [0.2, 0.25) is 0 Å². The number of pyridine rings is 1. The van der Waals surface area contributed by atoms with E-state index in [1.165, 1.54) is 0 Å². The summed E-state index contributed by atoms with van der Waals surface area (Å²) in [6.07, 6.45) is 3.15. The number of benzene rings is 1. The Morgan fingerprint density at radius 2 is 1.53 bits per heavy atom. The summed E-state index contributed by atoms with van der Waals surface area (Å²) in [7, 11) is 0. The first kappa shape index (κ1) is 20.2. The van der Waals surface area contributed by atoms with Crippen LogP contribution < -0.4 is 0 Å². The Labute approximate surface area is 175 Å². The fourth-order valence-electron chi connectivity index (χ4n) is 3.98. The molecule has 0 radical (unpaired) electrons. The normalized spacial score (nSPS) is 19.4. The molecular formula is C23H25N3O4. The number of morpholine rings is 1. The monoisotopic (exact) mass is 407 g/mol. The lowest BCUT2D eigenvalue weighted by Crippen LogP contribution is -2.42. The van der Waals surface area contributed by atoms with Gasteiger partial charge < -0.3 is 14.5 Å². The van der Waals surface area contributed by atoms with Crippen LogP contribution in [0.4, 0.5) is 0 Å². The number of ether oxygens (including phenoxy) is 1. The molecular weight excluding hydrogens is 382 g/mol. The minimum absolute atomic E-state index is 0.0143. The molecule has 4 rings (SSSR count). The summed E-state index contributed by atoms with van der Waals surface area (Å²) < 4.78 is 5.29. The quantitative estimate of drug-likeness (QED) is 0.727. The predicted molar refractivity (Wildman–Crippen MR) is 110 cm³/mol. The van der Waals surface area contributed by atoms with Gasteiger partial charge in [-0.05, 0) is 49.2 Å². The van der Waals surface area contributed by atoms with Crippen LogP contribution in [0, 0.1) is 5.92 Å². The number of ketones is 1. The average Bonchev–Trinajstić information content (AvgIpc) is 2.84. The molecule has 0 saturated carbocycles. The number of hydrogen-bond donors (Lipinski definition) is 0. The maximum Gasteiger partial charge on any atom is 0.254 e. The summed E-state index contributed by atoms with van der Waals surface area (Å²) in [6, 6.07) is 12.1. The Kier molecular flexibility index (Phi) is 6.18. The molecule has 0 spiro atoms. The van der Waals surface area contributed by atoms with Crippen LogP contribution in [0.25, 0.3) is 0 Å². The van der Waals surface area contributed by atoms with Crippen LogP contribution in [0.3, 0.4) is 0 Å². The zero-order valence-electron chi connectivity index (χ0n) is 16.8. The van der Waals surface area contributed by atoms with Crippen LogP contribution in [0.1, 0.15) is 44.0 Å². The lowest BCUT2D eigenvalue weighted by atomic mass is 9.91. The second kappa shape index (κ2) is 9.17. The fraction of sp³-hybridized carbons (Fsp3) is 0.391. The van der Waals surface area contributed by atoms with Gasteiger partial charge in [0, 0.05) is 49.4 Å². The van der Waals surface area contributed by atoms with Crippen molar-refractivity contribution in [2.45, 2.75) is 12.8 Å². The molecule has 0 N–H and O–H groups in total. The molecule has 2 aliphatic rings. The van der Waals surface area contributed by atoms with Crippen molar-refractivity contribution in [3.8, 4) is 0 Å². The topological polar surface area (TPSA) is 79.8 Å². The van der Waals surface area contributed by atoms with Crippen molar-refractivity contribution in [2.24, 2.45) is 5.92 Å². The summed E-state index contributed by atoms with van der Waals surface area (Å²) in [5, 5.41) is 0. The summed E-state index contributed by atoms with van der Waals surface area (Å²) in [5.41, 5.74) is 1.54. The molecule has 7 heteroatoms. The van der Waals surface area contributed by atoms with Gasteiger partial charge >= 0.3 is 0 Å². The molecule has 2 fully saturated rings. The smallest absolute Gasteiger partial charge is 0.254 e. The van der Waals surface area contributed by atoms with E-state index in [1.54, 1.807) is 58.5 Å². The van der Waals surface area contributed by atoms with Crippen molar-refractivity contribution in [3.63, 3.8) is 0 Å². The highest BCUT2D eigenvalue weighted by molar-refractivity contribution is 5.99. The largest absolute Gasteiger partial charge is 0.378 e. The molecule has 1 atom stereocenters. The molecule has 3 heterocycles. The average molecular weight is 407 g/mol. The van der Waals surface area contributed by atoms with Gasteiger partial charge in [-0.25, -0.2) is 0 Å². The van der Waals surface area contributed by atoms with Gasteiger partial charge in [0.25, 0.3) is 11.8 Å². The van der Waals surface area contributed by atoms with Crippen LogP contribution in [0.5, 0.6) is 0 Å². The van der Waals surface area contributed by atoms with Crippen LogP contribution in [-0.4, -0.2) is 71.8 Å². The Hall–Kier alpha value is -3.06. The van der Waals surface area contributed by atoms with E-state index in [1.807, 2.05) is 0 Å². The van der Waals surface area contributed by atoms with E-state index in [0.29, 0.717) is 56.2 Å². The molecule has 2 aromatic rings. The van der Waals surface area contributed by atoms with Gasteiger partial charge in [-0.3, -0.25) is 19.4 Å². The minimum Gasteiger partial charge on any atom is -0.378 e. The van der Waals surface area contributed by atoms with E-state index in [0.717, 1.165) is 12.8 Å². The van der Waals surface area contributed by atoms with Crippen molar-refractivity contribution >= 4 is 17.6 Å². The van der Waals surface area contributed by atoms with Gasteiger partial charge in [0.05, 0.1) is 13.2 Å². The second-order valence-electron chi connectivity index (χ2n) is 7.65. The number of piperidine rings is 1. The molecule has 0 aliphatic carbocycles. The van der Waals surface area contributed by atoms with Gasteiger partial charge in [-0.2, -0.15) is 0 Å². The number of hydrogen-bond acceptors (Lipinski definition) is 5. The first-order valence-electron chi connectivity index (χ1n) is 10.3. The first-order chi connectivity index (χ1) is 14.6. The van der Waals surface area contributed by atoms with Gasteiger partial charge in [-0.15, -0.1) is 0 Å². The number of likely N-dealkylation sites (tertiary alicyclic amines) is 1. The highest BCUT2D eigenvalue weighted by atomic mass is 16.5. The maximum absolute atomic E-state index is 13.0. The molecule has 1 aromatic heterocycles. The third-order valence-electron chi connectivity index (χ3n) is 5.67. The molecule has 30 heavy (non-hydrogen) atoms. The zero-order valence-corrected chi connectivity index (χ0v) is 16.8. The lowest BCUT2D eigenvalue weighted by molar-refractivity contribution is 0.0302. The van der Waals surface area contributed by atoms with E-state index in [-0.39, 0.29) is 23.5 Å². The second-order valence-corrected chi connectivity index (χ2v) is 7.65. The summed E-state index contributed by atoms with van der Waals surface area (Å²) in [5.74, 6) is -0.408. The highest BCUT2D eigenvalue weighted by Gasteiger charge is 2.30. The van der Waals surface area contributed by atoms with E-state index in [9.17, 15) is 14.4 Å². The zero-order chi connectivity index (χ0) is 20.9. The molecule has 7 nitrogen and oxygen atoms in total. The lowest BCUT2D eigenvalue weighted by Gasteiger charge is -2.32. The van der Waals surface area contributed by atoms with Gasteiger partial charge in [0.1, 0.15) is 5.69 Å². The van der Waals surface area contributed by atoms with Gasteiger partial charge in [-0.1, -0.05) is 6.07 Å². The van der Waals surface area contributed by atoms with Crippen molar-refractivity contribution in [2.75, 3.05) is 39.4 Å². The van der Waals surface area contributed by atoms with E-state index in [2.05, 4.69) is 4.98 Å². The number of carbonyl (C=O) groups is 3. The van der Waals surface area contributed by atoms with E-state index < -0.39 is 0 Å². The van der Waals surface area contributed by atoms with E-state index >= 15 is 0 Å². The van der Waals surface area contributed by atoms with E-state index in [4.69, 9.17) is 4.74 Å². The third kappa shape index (κ3) is 4.41. The number of rotatable bonds is 4. The number of nitrogens with zero attached hydrogens (tertiary/aromatic N) is 3. The predicted octanol–water partition coefficient (Wildman–Crippen LogP) is 2.29.